The lowest BCUT2D eigenvalue weighted by molar-refractivity contribution is 0.937. The molecule has 0 saturated heterocycles. The van der Waals surface area contributed by atoms with E-state index < -0.39 is 0 Å². The Labute approximate surface area is 96.7 Å². The first kappa shape index (κ1) is 10.2. The number of benzene rings is 1. The quantitative estimate of drug-likeness (QED) is 0.874. The summed E-state index contributed by atoms with van der Waals surface area (Å²) < 4.78 is 0. The lowest BCUT2D eigenvalue weighted by atomic mass is 10.2. The number of rotatable bonds is 2. The Morgan fingerprint density at radius 3 is 2.67 bits per heavy atom. The molecule has 0 amide bonds. The monoisotopic (exact) mass is 239 g/mol. The van der Waals surface area contributed by atoms with Crippen LogP contribution in [-0.4, -0.2) is 15.4 Å². The average Bonchev–Trinajstić information content (AvgIpc) is 2.73. The summed E-state index contributed by atoms with van der Waals surface area (Å²) in [5.74, 6) is 0. The van der Waals surface area contributed by atoms with Crippen molar-refractivity contribution in [2.75, 3.05) is 0 Å². The molecule has 0 bridgehead atoms. The molecule has 3 nitrogen and oxygen atoms in total. The molecule has 1 aromatic heterocycles. The smallest absolute Gasteiger partial charge is 0.105 e. The van der Waals surface area contributed by atoms with Crippen molar-refractivity contribution < 1.29 is 0 Å². The highest BCUT2D eigenvalue weighted by Crippen LogP contribution is 2.23. The second kappa shape index (κ2) is 4.47. The van der Waals surface area contributed by atoms with Crippen LogP contribution in [0.25, 0.3) is 12.2 Å². The van der Waals surface area contributed by atoms with Gasteiger partial charge in [-0.25, -0.2) is 0 Å². The average molecular weight is 240 g/mol. The van der Waals surface area contributed by atoms with Gasteiger partial charge in [0, 0.05) is 0 Å². The van der Waals surface area contributed by atoms with E-state index in [0.717, 1.165) is 11.3 Å². The third-order valence-corrected chi connectivity index (χ3v) is 2.56. The van der Waals surface area contributed by atoms with E-state index in [-0.39, 0.29) is 0 Å². The van der Waals surface area contributed by atoms with Crippen LogP contribution in [0.4, 0.5) is 0 Å². The van der Waals surface area contributed by atoms with Crippen molar-refractivity contribution in [3.63, 3.8) is 0 Å². The number of H-pyrrole nitrogens is 1. The van der Waals surface area contributed by atoms with Gasteiger partial charge in [-0.3, -0.25) is 0 Å². The van der Waals surface area contributed by atoms with E-state index in [1.54, 1.807) is 18.3 Å². The topological polar surface area (TPSA) is 41.6 Å². The Morgan fingerprint density at radius 1 is 1.13 bits per heavy atom. The number of nitrogens with zero attached hydrogens (tertiary/aromatic N) is 2. The van der Waals surface area contributed by atoms with Crippen molar-refractivity contribution in [1.82, 2.24) is 15.4 Å². The summed E-state index contributed by atoms with van der Waals surface area (Å²) in [6.07, 6.45) is 5.36. The highest BCUT2D eigenvalue weighted by atomic mass is 35.5. The first-order valence-electron chi connectivity index (χ1n) is 4.24. The minimum absolute atomic E-state index is 0.541. The molecule has 0 saturated carbocycles. The van der Waals surface area contributed by atoms with E-state index in [2.05, 4.69) is 15.4 Å². The molecule has 0 aliphatic rings. The molecule has 1 N–H and O–H groups in total. The number of halogens is 2. The minimum atomic E-state index is 0.541. The summed E-state index contributed by atoms with van der Waals surface area (Å²) in [6, 6.07) is 5.43. The van der Waals surface area contributed by atoms with Crippen LogP contribution in [0, 0.1) is 0 Å². The Morgan fingerprint density at radius 2 is 2.00 bits per heavy atom. The standard InChI is InChI=1S/C10H7Cl2N3/c11-9-4-2-7(5-10(9)12)1-3-8-6-13-15-14-8/h1-6H,(H,13,14,15). The van der Waals surface area contributed by atoms with Crippen LogP contribution >= 0.6 is 23.2 Å². The van der Waals surface area contributed by atoms with Crippen molar-refractivity contribution in [2.24, 2.45) is 0 Å². The fourth-order valence-corrected chi connectivity index (χ4v) is 1.39. The number of hydrogen-bond donors (Lipinski definition) is 1. The van der Waals surface area contributed by atoms with Gasteiger partial charge in [0.05, 0.1) is 16.2 Å². The van der Waals surface area contributed by atoms with Crippen LogP contribution in [0.5, 0.6) is 0 Å². The maximum absolute atomic E-state index is 5.87. The molecule has 0 aliphatic heterocycles. The zero-order chi connectivity index (χ0) is 10.7. The third-order valence-electron chi connectivity index (χ3n) is 1.82. The number of hydrogen-bond acceptors (Lipinski definition) is 2. The summed E-state index contributed by atoms with van der Waals surface area (Å²) in [6.45, 7) is 0. The predicted molar refractivity (Wildman–Crippen MR) is 61.8 cm³/mol. The molecule has 0 fully saturated rings. The van der Waals surface area contributed by atoms with E-state index in [1.807, 2.05) is 18.2 Å². The van der Waals surface area contributed by atoms with Gasteiger partial charge in [0.25, 0.3) is 0 Å². The lowest BCUT2D eigenvalue weighted by Gasteiger charge is -1.96. The van der Waals surface area contributed by atoms with Crippen LogP contribution in [0.15, 0.2) is 24.4 Å². The van der Waals surface area contributed by atoms with E-state index >= 15 is 0 Å². The zero-order valence-electron chi connectivity index (χ0n) is 7.61. The Bertz CT molecular complexity index is 477. The fourth-order valence-electron chi connectivity index (χ4n) is 1.09. The summed E-state index contributed by atoms with van der Waals surface area (Å²) >= 11 is 11.7. The van der Waals surface area contributed by atoms with Crippen molar-refractivity contribution >= 4 is 35.4 Å². The molecule has 0 unspecified atom stereocenters. The maximum Gasteiger partial charge on any atom is 0.105 e. The SMILES string of the molecule is Clc1ccc(C=Cc2cn[nH]n2)cc1Cl. The predicted octanol–water partition coefficient (Wildman–Crippen LogP) is 3.28. The number of aromatic nitrogens is 3. The Hall–Kier alpha value is -1.32. The molecule has 0 spiro atoms. The molecular weight excluding hydrogens is 233 g/mol. The second-order valence-corrected chi connectivity index (χ2v) is 3.72. The molecule has 1 heterocycles. The van der Waals surface area contributed by atoms with Gasteiger partial charge in [-0.05, 0) is 23.8 Å². The van der Waals surface area contributed by atoms with Crippen molar-refractivity contribution in [3.05, 3.63) is 45.7 Å². The molecule has 0 aliphatic carbocycles. The highest BCUT2D eigenvalue weighted by Gasteiger charge is 1.96. The van der Waals surface area contributed by atoms with E-state index in [1.165, 1.54) is 0 Å². The lowest BCUT2D eigenvalue weighted by Crippen LogP contribution is -1.75. The van der Waals surface area contributed by atoms with Gasteiger partial charge >= 0.3 is 0 Å². The zero-order valence-corrected chi connectivity index (χ0v) is 9.13. The third kappa shape index (κ3) is 2.58. The summed E-state index contributed by atoms with van der Waals surface area (Å²) in [5, 5.41) is 11.2. The van der Waals surface area contributed by atoms with Gasteiger partial charge in [0.15, 0.2) is 0 Å². The largest absolute Gasteiger partial charge is 0.197 e. The Balaban J connectivity index is 2.21. The van der Waals surface area contributed by atoms with Crippen LogP contribution < -0.4 is 0 Å². The molecule has 76 valence electrons. The summed E-state index contributed by atoms with van der Waals surface area (Å²) in [5.41, 5.74) is 1.73. The molecule has 0 radical (unpaired) electrons. The second-order valence-electron chi connectivity index (χ2n) is 2.90. The van der Waals surface area contributed by atoms with E-state index in [0.29, 0.717) is 10.0 Å². The highest BCUT2D eigenvalue weighted by molar-refractivity contribution is 6.42. The summed E-state index contributed by atoms with van der Waals surface area (Å²) in [7, 11) is 0. The molecule has 0 atom stereocenters. The molecule has 2 aromatic rings. The van der Waals surface area contributed by atoms with E-state index in [9.17, 15) is 0 Å². The summed E-state index contributed by atoms with van der Waals surface area (Å²) in [4.78, 5) is 0. The van der Waals surface area contributed by atoms with Gasteiger partial charge in [-0.15, -0.1) is 0 Å². The maximum atomic E-state index is 5.87. The van der Waals surface area contributed by atoms with Crippen molar-refractivity contribution in [2.45, 2.75) is 0 Å². The first-order valence-corrected chi connectivity index (χ1v) is 5.00. The Kier molecular flexibility index (Phi) is 3.04. The molecule has 1 aromatic carbocycles. The molecule has 2 rings (SSSR count). The molecule has 5 heteroatoms. The molecular formula is C10H7Cl2N3. The van der Waals surface area contributed by atoms with E-state index in [4.69, 9.17) is 23.2 Å². The normalized spacial score (nSPS) is 11.1. The van der Waals surface area contributed by atoms with Gasteiger partial charge in [-0.2, -0.15) is 15.4 Å². The van der Waals surface area contributed by atoms with Gasteiger partial charge in [0.1, 0.15) is 5.69 Å². The number of nitrogens with one attached hydrogen (secondary N) is 1. The minimum Gasteiger partial charge on any atom is -0.197 e. The fraction of sp³-hybridized carbons (Fsp3) is 0. The number of aromatic amines is 1. The van der Waals surface area contributed by atoms with Gasteiger partial charge in [-0.1, -0.05) is 35.3 Å². The van der Waals surface area contributed by atoms with Crippen LogP contribution in [-0.2, 0) is 0 Å². The van der Waals surface area contributed by atoms with Crippen molar-refractivity contribution in [3.8, 4) is 0 Å². The van der Waals surface area contributed by atoms with Crippen molar-refractivity contribution in [1.29, 1.82) is 0 Å². The van der Waals surface area contributed by atoms with Crippen LogP contribution in [0.1, 0.15) is 11.3 Å². The first-order chi connectivity index (χ1) is 7.25. The van der Waals surface area contributed by atoms with Gasteiger partial charge < -0.3 is 0 Å². The van der Waals surface area contributed by atoms with Crippen LogP contribution in [0.3, 0.4) is 0 Å². The van der Waals surface area contributed by atoms with Crippen LogP contribution in [0.2, 0.25) is 10.0 Å². The molecule has 15 heavy (non-hydrogen) atoms. The van der Waals surface area contributed by atoms with Gasteiger partial charge in [0.2, 0.25) is 0 Å².